The first-order valence-corrected chi connectivity index (χ1v) is 9.71. The van der Waals surface area contributed by atoms with E-state index in [0.29, 0.717) is 22.7 Å². The predicted octanol–water partition coefficient (Wildman–Crippen LogP) is 4.05. The quantitative estimate of drug-likeness (QED) is 0.488. The summed E-state index contributed by atoms with van der Waals surface area (Å²) in [4.78, 5) is 22.7. The maximum atomic E-state index is 12.4. The molecular formula is C16H25ClN4O2S. The van der Waals surface area contributed by atoms with E-state index >= 15 is 0 Å². The Bertz CT molecular complexity index is 580. The Balaban J connectivity index is 2.01. The molecule has 1 saturated heterocycles. The van der Waals surface area contributed by atoms with E-state index in [1.165, 1.54) is 11.8 Å². The van der Waals surface area contributed by atoms with E-state index in [4.69, 9.17) is 16.3 Å². The molecule has 8 heteroatoms. The second kappa shape index (κ2) is 8.25. The number of rotatable bonds is 4. The van der Waals surface area contributed by atoms with Crippen molar-refractivity contribution >= 4 is 35.3 Å². The molecule has 1 N–H and O–H groups in total. The van der Waals surface area contributed by atoms with Crippen molar-refractivity contribution in [1.82, 2.24) is 14.9 Å². The number of likely N-dealkylation sites (tertiary alicyclic amines) is 1. The van der Waals surface area contributed by atoms with Crippen LogP contribution in [0.5, 0.6) is 0 Å². The average Bonchev–Trinajstić information content (AvgIpc) is 2.51. The molecular weight excluding hydrogens is 348 g/mol. The van der Waals surface area contributed by atoms with E-state index in [2.05, 4.69) is 15.3 Å². The van der Waals surface area contributed by atoms with Gasteiger partial charge < -0.3 is 15.0 Å². The Morgan fingerprint density at radius 3 is 2.88 bits per heavy atom. The molecule has 1 amide bonds. The van der Waals surface area contributed by atoms with E-state index in [1.54, 1.807) is 6.07 Å². The number of nitrogens with zero attached hydrogens (tertiary/aromatic N) is 3. The zero-order chi connectivity index (χ0) is 17.7. The fourth-order valence-corrected chi connectivity index (χ4v) is 3.19. The van der Waals surface area contributed by atoms with Crippen molar-refractivity contribution in [2.45, 2.75) is 56.8 Å². The lowest BCUT2D eigenvalue weighted by Gasteiger charge is -2.36. The first-order chi connectivity index (χ1) is 11.3. The molecule has 6 nitrogen and oxygen atoms in total. The summed E-state index contributed by atoms with van der Waals surface area (Å²) in [7, 11) is 0. The van der Waals surface area contributed by atoms with Crippen molar-refractivity contribution in [1.29, 1.82) is 0 Å². The highest BCUT2D eigenvalue weighted by Gasteiger charge is 2.30. The number of aromatic nitrogens is 2. The van der Waals surface area contributed by atoms with Crippen molar-refractivity contribution in [2.24, 2.45) is 0 Å². The van der Waals surface area contributed by atoms with Gasteiger partial charge >= 0.3 is 6.09 Å². The van der Waals surface area contributed by atoms with Crippen LogP contribution in [-0.4, -0.2) is 51.9 Å². The summed E-state index contributed by atoms with van der Waals surface area (Å²) in [5.74, 6) is 0.675. The molecule has 1 aliphatic heterocycles. The fraction of sp³-hybridized carbons (Fsp3) is 0.688. The largest absolute Gasteiger partial charge is 0.444 e. The highest BCUT2D eigenvalue weighted by Crippen LogP contribution is 2.22. The number of ether oxygens (including phenoxy) is 1. The number of halogens is 1. The molecule has 24 heavy (non-hydrogen) atoms. The summed E-state index contributed by atoms with van der Waals surface area (Å²) >= 11 is 7.45. The summed E-state index contributed by atoms with van der Waals surface area (Å²) < 4.78 is 5.52. The van der Waals surface area contributed by atoms with E-state index < -0.39 is 5.60 Å². The van der Waals surface area contributed by atoms with Gasteiger partial charge in [0.1, 0.15) is 16.6 Å². The molecule has 0 aliphatic carbocycles. The second-order valence-electron chi connectivity index (χ2n) is 6.77. The van der Waals surface area contributed by atoms with Gasteiger partial charge in [0.05, 0.1) is 6.04 Å². The second-order valence-corrected chi connectivity index (χ2v) is 7.93. The van der Waals surface area contributed by atoms with Crippen molar-refractivity contribution in [3.05, 3.63) is 11.2 Å². The Labute approximate surface area is 152 Å². The van der Waals surface area contributed by atoms with E-state index in [0.717, 1.165) is 25.8 Å². The maximum absolute atomic E-state index is 12.4. The normalized spacial score (nSPS) is 18.4. The van der Waals surface area contributed by atoms with Gasteiger partial charge in [-0.05, 0) is 46.3 Å². The number of thioether (sulfide) groups is 1. The molecule has 1 aliphatic rings. The van der Waals surface area contributed by atoms with Crippen LogP contribution >= 0.6 is 23.4 Å². The average molecular weight is 373 g/mol. The fourth-order valence-electron chi connectivity index (χ4n) is 2.57. The van der Waals surface area contributed by atoms with E-state index in [1.807, 2.05) is 31.9 Å². The zero-order valence-corrected chi connectivity index (χ0v) is 16.2. The van der Waals surface area contributed by atoms with Crippen LogP contribution in [0.3, 0.4) is 0 Å². The molecule has 2 heterocycles. The summed E-state index contributed by atoms with van der Waals surface area (Å²) in [6, 6.07) is 1.78. The van der Waals surface area contributed by atoms with Crippen LogP contribution in [0.15, 0.2) is 11.2 Å². The van der Waals surface area contributed by atoms with Gasteiger partial charge in [-0.2, -0.15) is 0 Å². The summed E-state index contributed by atoms with van der Waals surface area (Å²) in [6.45, 7) is 6.99. The van der Waals surface area contributed by atoms with Crippen molar-refractivity contribution in [3.63, 3.8) is 0 Å². The van der Waals surface area contributed by atoms with E-state index in [-0.39, 0.29) is 12.1 Å². The number of piperidine rings is 1. The van der Waals surface area contributed by atoms with Gasteiger partial charge in [0.15, 0.2) is 5.16 Å². The summed E-state index contributed by atoms with van der Waals surface area (Å²) in [6.07, 6.45) is 4.71. The molecule has 0 aromatic carbocycles. The lowest BCUT2D eigenvalue weighted by atomic mass is 10.0. The van der Waals surface area contributed by atoms with Crippen LogP contribution in [-0.2, 0) is 4.74 Å². The summed E-state index contributed by atoms with van der Waals surface area (Å²) in [5.41, 5.74) is -0.486. The molecule has 1 aromatic rings. The van der Waals surface area contributed by atoms with Gasteiger partial charge in [0, 0.05) is 19.2 Å². The maximum Gasteiger partial charge on any atom is 0.410 e. The van der Waals surface area contributed by atoms with Gasteiger partial charge in [0.25, 0.3) is 0 Å². The topological polar surface area (TPSA) is 67.4 Å². The highest BCUT2D eigenvalue weighted by molar-refractivity contribution is 7.98. The van der Waals surface area contributed by atoms with Gasteiger partial charge in [-0.3, -0.25) is 0 Å². The molecule has 2 rings (SSSR count). The Morgan fingerprint density at radius 2 is 2.21 bits per heavy atom. The third-order valence-corrected chi connectivity index (χ3v) is 4.37. The van der Waals surface area contributed by atoms with Crippen LogP contribution in [0, 0.1) is 0 Å². The minimum Gasteiger partial charge on any atom is -0.444 e. The minimum atomic E-state index is -0.486. The number of nitrogens with one attached hydrogen (secondary N) is 1. The molecule has 1 atom stereocenters. The van der Waals surface area contributed by atoms with Crippen molar-refractivity contribution < 1.29 is 9.53 Å². The first kappa shape index (κ1) is 19.1. The molecule has 1 fully saturated rings. The third-order valence-electron chi connectivity index (χ3n) is 3.63. The van der Waals surface area contributed by atoms with Crippen molar-refractivity contribution in [2.75, 3.05) is 24.7 Å². The molecule has 134 valence electrons. The molecule has 0 bridgehead atoms. The van der Waals surface area contributed by atoms with Gasteiger partial charge in [0.2, 0.25) is 0 Å². The van der Waals surface area contributed by atoms with Crippen LogP contribution in [0.2, 0.25) is 5.15 Å². The molecule has 1 aromatic heterocycles. The van der Waals surface area contributed by atoms with E-state index in [9.17, 15) is 4.79 Å². The SMILES string of the molecule is CSc1nc(Cl)cc(NC[C@@H]2CCCCN2C(=O)OC(C)(C)C)n1. The van der Waals surface area contributed by atoms with Crippen LogP contribution in [0.1, 0.15) is 40.0 Å². The minimum absolute atomic E-state index is 0.0834. The molecule has 0 spiro atoms. The standard InChI is InChI=1S/C16H25ClN4O2S/c1-16(2,3)23-15(22)21-8-6-5-7-11(21)10-18-13-9-12(17)19-14(20-13)24-4/h9,11H,5-8,10H2,1-4H3,(H,18,19,20)/t11-/m0/s1. The Hall–Kier alpha value is -1.21. The predicted molar refractivity (Wildman–Crippen MR) is 97.9 cm³/mol. The highest BCUT2D eigenvalue weighted by atomic mass is 35.5. The smallest absolute Gasteiger partial charge is 0.410 e. The lowest BCUT2D eigenvalue weighted by Crippen LogP contribution is -2.48. The number of anilines is 1. The van der Waals surface area contributed by atoms with Crippen LogP contribution in [0.25, 0.3) is 0 Å². The first-order valence-electron chi connectivity index (χ1n) is 8.10. The summed E-state index contributed by atoms with van der Waals surface area (Å²) in [5, 5.41) is 4.31. The lowest BCUT2D eigenvalue weighted by molar-refractivity contribution is 0.0114. The molecule has 0 saturated carbocycles. The Kier molecular flexibility index (Phi) is 6.57. The number of hydrogen-bond donors (Lipinski definition) is 1. The molecule has 0 radical (unpaired) electrons. The van der Waals surface area contributed by atoms with Gasteiger partial charge in [-0.25, -0.2) is 14.8 Å². The van der Waals surface area contributed by atoms with Crippen LogP contribution in [0.4, 0.5) is 10.6 Å². The number of carbonyl (C=O) groups excluding carboxylic acids is 1. The molecule has 0 unspecified atom stereocenters. The van der Waals surface area contributed by atoms with Gasteiger partial charge in [-0.15, -0.1) is 0 Å². The number of amides is 1. The van der Waals surface area contributed by atoms with Crippen molar-refractivity contribution in [3.8, 4) is 0 Å². The third kappa shape index (κ3) is 5.70. The van der Waals surface area contributed by atoms with Gasteiger partial charge in [-0.1, -0.05) is 23.4 Å². The van der Waals surface area contributed by atoms with Crippen LogP contribution < -0.4 is 5.32 Å². The number of hydrogen-bond acceptors (Lipinski definition) is 6. The number of carbonyl (C=O) groups is 1. The Morgan fingerprint density at radius 1 is 1.46 bits per heavy atom. The zero-order valence-electron chi connectivity index (χ0n) is 14.6. The monoisotopic (exact) mass is 372 g/mol.